The first-order valence-corrected chi connectivity index (χ1v) is 7.53. The Balaban J connectivity index is 1.97. The van der Waals surface area contributed by atoms with Crippen molar-refractivity contribution in [3.05, 3.63) is 47.6 Å². The third-order valence-electron chi connectivity index (χ3n) is 2.59. The van der Waals surface area contributed by atoms with E-state index in [0.717, 1.165) is 17.1 Å². The van der Waals surface area contributed by atoms with Crippen LogP contribution in [0, 0.1) is 5.92 Å². The smallest absolute Gasteiger partial charge is 0.248 e. The van der Waals surface area contributed by atoms with Crippen LogP contribution in [-0.4, -0.2) is 15.9 Å². The number of aromatic nitrogens is 2. The molecule has 102 valence electrons. The molecule has 0 fully saturated rings. The molecular weight excluding hydrogens is 258 g/mol. The Hall–Kier alpha value is -1.33. The van der Waals surface area contributed by atoms with Crippen LogP contribution < -0.4 is 5.73 Å². The van der Waals surface area contributed by atoms with Crippen molar-refractivity contribution in [2.45, 2.75) is 25.6 Å². The van der Waals surface area contributed by atoms with E-state index >= 15 is 0 Å². The molecule has 0 radical (unpaired) electrons. The fourth-order valence-corrected chi connectivity index (χ4v) is 2.53. The van der Waals surface area contributed by atoms with Crippen molar-refractivity contribution in [2.24, 2.45) is 11.7 Å². The molecular formula is C14H19N3OS. The summed E-state index contributed by atoms with van der Waals surface area (Å²) in [6, 6.07) is 9.43. The molecule has 4 nitrogen and oxygen atoms in total. The van der Waals surface area contributed by atoms with Gasteiger partial charge in [-0.1, -0.05) is 49.3 Å². The van der Waals surface area contributed by atoms with Crippen LogP contribution in [0.3, 0.4) is 0 Å². The van der Waals surface area contributed by atoms with E-state index < -0.39 is 0 Å². The van der Waals surface area contributed by atoms with Gasteiger partial charge in [0.2, 0.25) is 5.89 Å². The molecule has 0 spiro atoms. The predicted molar refractivity (Wildman–Crippen MR) is 77.8 cm³/mol. The first kappa shape index (κ1) is 14.1. The van der Waals surface area contributed by atoms with Crippen molar-refractivity contribution >= 4 is 11.8 Å². The summed E-state index contributed by atoms with van der Waals surface area (Å²) in [6.45, 7) is 4.39. The highest BCUT2D eigenvalue weighted by atomic mass is 32.2. The molecule has 2 aromatic rings. The van der Waals surface area contributed by atoms with Crippen molar-refractivity contribution in [3.63, 3.8) is 0 Å². The molecule has 5 heteroatoms. The second-order valence-electron chi connectivity index (χ2n) is 4.85. The first-order chi connectivity index (χ1) is 9.16. The number of rotatable bonds is 6. The van der Waals surface area contributed by atoms with Gasteiger partial charge in [-0.2, -0.15) is 16.7 Å². The van der Waals surface area contributed by atoms with Crippen molar-refractivity contribution < 1.29 is 4.52 Å². The van der Waals surface area contributed by atoms with Gasteiger partial charge in [-0.05, 0) is 17.2 Å². The van der Waals surface area contributed by atoms with Gasteiger partial charge < -0.3 is 10.3 Å². The van der Waals surface area contributed by atoms with Crippen LogP contribution in [0.2, 0.25) is 0 Å². The predicted octanol–water partition coefficient (Wildman–Crippen LogP) is 3.01. The molecule has 19 heavy (non-hydrogen) atoms. The van der Waals surface area contributed by atoms with Gasteiger partial charge in [-0.3, -0.25) is 0 Å². The normalized spacial score (nSPS) is 12.8. The molecule has 0 amide bonds. The highest BCUT2D eigenvalue weighted by Crippen LogP contribution is 2.19. The van der Waals surface area contributed by atoms with Crippen LogP contribution in [0.4, 0.5) is 0 Å². The third-order valence-corrected chi connectivity index (χ3v) is 3.96. The maximum Gasteiger partial charge on any atom is 0.248 e. The van der Waals surface area contributed by atoms with Gasteiger partial charge in [-0.25, -0.2) is 0 Å². The zero-order chi connectivity index (χ0) is 13.7. The lowest BCUT2D eigenvalue weighted by atomic mass is 10.1. The number of nitrogens with two attached hydrogens (primary N) is 1. The summed E-state index contributed by atoms with van der Waals surface area (Å²) in [7, 11) is 0. The average Bonchev–Trinajstić information content (AvgIpc) is 2.87. The van der Waals surface area contributed by atoms with E-state index in [1.807, 2.05) is 42.1 Å². The highest BCUT2D eigenvalue weighted by Gasteiger charge is 2.16. The van der Waals surface area contributed by atoms with Gasteiger partial charge in [0.25, 0.3) is 0 Å². The Morgan fingerprint density at radius 1 is 1.26 bits per heavy atom. The molecule has 0 saturated carbocycles. The minimum absolute atomic E-state index is 0.349. The van der Waals surface area contributed by atoms with E-state index in [-0.39, 0.29) is 6.04 Å². The summed E-state index contributed by atoms with van der Waals surface area (Å²) < 4.78 is 5.24. The fraction of sp³-hybridized carbons (Fsp3) is 0.429. The number of hydrogen-bond acceptors (Lipinski definition) is 5. The summed E-state index contributed by atoms with van der Waals surface area (Å²) in [5, 5.41) is 3.97. The Morgan fingerprint density at radius 3 is 2.68 bits per heavy atom. The van der Waals surface area contributed by atoms with Crippen LogP contribution in [0.1, 0.15) is 37.2 Å². The molecule has 0 aliphatic rings. The zero-order valence-corrected chi connectivity index (χ0v) is 12.1. The molecule has 1 heterocycles. The fourth-order valence-electron chi connectivity index (χ4n) is 1.64. The van der Waals surface area contributed by atoms with Gasteiger partial charge in [0.1, 0.15) is 6.04 Å². The van der Waals surface area contributed by atoms with E-state index in [2.05, 4.69) is 24.0 Å². The lowest BCUT2D eigenvalue weighted by Crippen LogP contribution is -2.12. The maximum atomic E-state index is 6.10. The monoisotopic (exact) mass is 277 g/mol. The van der Waals surface area contributed by atoms with Gasteiger partial charge in [0.15, 0.2) is 5.82 Å². The van der Waals surface area contributed by atoms with E-state index in [1.165, 1.54) is 0 Å². The minimum atomic E-state index is -0.349. The zero-order valence-electron chi connectivity index (χ0n) is 11.2. The summed E-state index contributed by atoms with van der Waals surface area (Å²) in [5.41, 5.74) is 7.08. The molecule has 1 atom stereocenters. The largest absolute Gasteiger partial charge is 0.337 e. The standard InChI is InChI=1S/C14H19N3OS/c1-10(2)8-19-9-12-16-14(18-17-12)13(15)11-6-4-3-5-7-11/h3-7,10,13H,8-9,15H2,1-2H3/t13-/m0/s1. The second-order valence-corrected chi connectivity index (χ2v) is 5.88. The summed E-state index contributed by atoms with van der Waals surface area (Å²) in [5.74, 6) is 3.72. The second kappa shape index (κ2) is 6.73. The molecule has 0 aliphatic carbocycles. The van der Waals surface area contributed by atoms with Crippen LogP contribution in [0.15, 0.2) is 34.9 Å². The topological polar surface area (TPSA) is 64.9 Å². The van der Waals surface area contributed by atoms with Crippen molar-refractivity contribution in [2.75, 3.05) is 5.75 Å². The van der Waals surface area contributed by atoms with E-state index in [9.17, 15) is 0 Å². The van der Waals surface area contributed by atoms with Crippen LogP contribution in [0.5, 0.6) is 0 Å². The molecule has 0 bridgehead atoms. The van der Waals surface area contributed by atoms with Gasteiger partial charge >= 0.3 is 0 Å². The van der Waals surface area contributed by atoms with Gasteiger partial charge in [0, 0.05) is 0 Å². The lowest BCUT2D eigenvalue weighted by molar-refractivity contribution is 0.363. The SMILES string of the molecule is CC(C)CSCc1noc([C@@H](N)c2ccccc2)n1. The molecule has 1 aromatic carbocycles. The highest BCUT2D eigenvalue weighted by molar-refractivity contribution is 7.98. The third kappa shape index (κ3) is 4.08. The number of benzene rings is 1. The molecule has 2 N–H and O–H groups in total. The Bertz CT molecular complexity index is 498. The van der Waals surface area contributed by atoms with E-state index in [4.69, 9.17) is 10.3 Å². The first-order valence-electron chi connectivity index (χ1n) is 6.37. The Labute approximate surface area is 117 Å². The molecule has 0 unspecified atom stereocenters. The minimum Gasteiger partial charge on any atom is -0.337 e. The van der Waals surface area contributed by atoms with Crippen LogP contribution in [0.25, 0.3) is 0 Å². The van der Waals surface area contributed by atoms with Gasteiger partial charge in [-0.15, -0.1) is 0 Å². The molecule has 0 saturated heterocycles. The molecule has 2 rings (SSSR count). The van der Waals surface area contributed by atoms with Crippen LogP contribution in [-0.2, 0) is 5.75 Å². The summed E-state index contributed by atoms with van der Waals surface area (Å²) in [4.78, 5) is 4.36. The summed E-state index contributed by atoms with van der Waals surface area (Å²) >= 11 is 1.81. The lowest BCUT2D eigenvalue weighted by Gasteiger charge is -2.05. The van der Waals surface area contributed by atoms with E-state index in [0.29, 0.717) is 17.6 Å². The van der Waals surface area contributed by atoms with Crippen molar-refractivity contribution in [1.82, 2.24) is 10.1 Å². The molecule has 0 aliphatic heterocycles. The van der Waals surface area contributed by atoms with Crippen molar-refractivity contribution in [1.29, 1.82) is 0 Å². The number of thioether (sulfide) groups is 1. The van der Waals surface area contributed by atoms with Crippen LogP contribution >= 0.6 is 11.8 Å². The number of nitrogens with zero attached hydrogens (tertiary/aromatic N) is 2. The summed E-state index contributed by atoms with van der Waals surface area (Å²) in [6.07, 6.45) is 0. The number of hydrogen-bond donors (Lipinski definition) is 1. The Kier molecular flexibility index (Phi) is 4.99. The van der Waals surface area contributed by atoms with E-state index in [1.54, 1.807) is 0 Å². The quantitative estimate of drug-likeness (QED) is 0.879. The average molecular weight is 277 g/mol. The maximum absolute atomic E-state index is 6.10. The molecule has 1 aromatic heterocycles. The van der Waals surface area contributed by atoms with Crippen molar-refractivity contribution in [3.8, 4) is 0 Å². The Morgan fingerprint density at radius 2 is 2.00 bits per heavy atom. The van der Waals surface area contributed by atoms with Gasteiger partial charge in [0.05, 0.1) is 5.75 Å².